The molecule has 1 aliphatic carbocycles. The third-order valence-corrected chi connectivity index (χ3v) is 5.83. The van der Waals surface area contributed by atoms with Gasteiger partial charge in [-0.15, -0.1) is 5.10 Å². The van der Waals surface area contributed by atoms with Gasteiger partial charge in [0.15, 0.2) is 6.29 Å². The lowest BCUT2D eigenvalue weighted by molar-refractivity contribution is 0.112. The fourth-order valence-electron chi connectivity index (χ4n) is 4.32. The number of benzene rings is 1. The van der Waals surface area contributed by atoms with Crippen molar-refractivity contribution in [2.24, 2.45) is 0 Å². The van der Waals surface area contributed by atoms with Gasteiger partial charge in [-0.05, 0) is 44.2 Å². The average molecular weight is 409 g/mol. The molecule has 0 saturated heterocycles. The Kier molecular flexibility index (Phi) is 6.11. The van der Waals surface area contributed by atoms with Crippen LogP contribution in [0, 0.1) is 0 Å². The van der Waals surface area contributed by atoms with Crippen molar-refractivity contribution >= 4 is 17.8 Å². The van der Waals surface area contributed by atoms with Gasteiger partial charge in [0.2, 0.25) is 5.95 Å². The third-order valence-electron chi connectivity index (χ3n) is 5.83. The lowest BCUT2D eigenvalue weighted by Crippen LogP contribution is -2.23. The van der Waals surface area contributed by atoms with Gasteiger partial charge in [-0.3, -0.25) is 4.79 Å². The Morgan fingerprint density at radius 2 is 2.03 bits per heavy atom. The van der Waals surface area contributed by atoms with E-state index in [0.29, 0.717) is 24.0 Å². The van der Waals surface area contributed by atoms with E-state index in [-0.39, 0.29) is 12.1 Å². The number of hydrogen-bond donors (Lipinski definition) is 2. The Balaban J connectivity index is 1.81. The fourth-order valence-corrected chi connectivity index (χ4v) is 4.32. The van der Waals surface area contributed by atoms with Crippen molar-refractivity contribution in [1.29, 1.82) is 0 Å². The van der Waals surface area contributed by atoms with Crippen molar-refractivity contribution < 1.29 is 14.6 Å². The molecule has 2 heterocycles. The van der Waals surface area contributed by atoms with E-state index in [4.69, 9.17) is 9.84 Å². The maximum Gasteiger partial charge on any atom is 0.241 e. The summed E-state index contributed by atoms with van der Waals surface area (Å²) in [6.07, 6.45) is 5.89. The van der Waals surface area contributed by atoms with Gasteiger partial charge in [-0.1, -0.05) is 24.3 Å². The van der Waals surface area contributed by atoms with Crippen molar-refractivity contribution in [2.75, 3.05) is 19.0 Å². The minimum absolute atomic E-state index is 0.0755. The second kappa shape index (κ2) is 8.93. The summed E-state index contributed by atoms with van der Waals surface area (Å²) in [5.41, 5.74) is 4.44. The fraction of sp³-hybridized carbons (Fsp3) is 0.435. The van der Waals surface area contributed by atoms with E-state index in [1.165, 1.54) is 0 Å². The highest BCUT2D eigenvalue weighted by atomic mass is 16.5. The largest absolute Gasteiger partial charge is 0.393 e. The van der Waals surface area contributed by atoms with Gasteiger partial charge in [0.1, 0.15) is 0 Å². The number of anilines is 1. The molecule has 1 fully saturated rings. The minimum atomic E-state index is -0.218. The molecule has 30 heavy (non-hydrogen) atoms. The number of rotatable bonds is 7. The number of ether oxygens (including phenoxy) is 1. The number of aliphatic hydroxyl groups is 1. The summed E-state index contributed by atoms with van der Waals surface area (Å²) in [5.74, 6) is 0.840. The summed E-state index contributed by atoms with van der Waals surface area (Å²) in [7, 11) is 1.67. The molecule has 0 aliphatic heterocycles. The highest BCUT2D eigenvalue weighted by Gasteiger charge is 2.26. The number of carbonyl (C=O) groups excluding carboxylic acids is 1. The Hall–Kier alpha value is -2.77. The summed E-state index contributed by atoms with van der Waals surface area (Å²) in [4.78, 5) is 16.1. The number of nitrogens with zero attached hydrogens (tertiary/aromatic N) is 3. The summed E-state index contributed by atoms with van der Waals surface area (Å²) in [6, 6.07) is 9.80. The second-order valence-electron chi connectivity index (χ2n) is 8.07. The Bertz CT molecular complexity index is 1020. The molecule has 1 atom stereocenters. The highest BCUT2D eigenvalue weighted by Crippen LogP contribution is 2.38. The standard InChI is InChI=1S/C23H28N4O3/c1-15(14-30-2)25-23-24-12-22-20(19-6-4-3-5-17(19)13-28)11-21(27(22)26-23)16-7-9-18(29)10-8-16/h3-6,11-13,15-16,18,29H,7-10,14H2,1-2H3,(H,25,26). The van der Waals surface area contributed by atoms with Crippen LogP contribution in [0.5, 0.6) is 0 Å². The third kappa shape index (κ3) is 4.08. The lowest BCUT2D eigenvalue weighted by Gasteiger charge is -2.25. The van der Waals surface area contributed by atoms with Crippen LogP contribution in [-0.4, -0.2) is 51.9 Å². The van der Waals surface area contributed by atoms with Gasteiger partial charge in [0, 0.05) is 35.9 Å². The number of carbonyl (C=O) groups is 1. The number of hydrogen-bond acceptors (Lipinski definition) is 6. The molecule has 1 aromatic carbocycles. The van der Waals surface area contributed by atoms with Crippen molar-refractivity contribution in [3.8, 4) is 11.1 Å². The van der Waals surface area contributed by atoms with Gasteiger partial charge in [-0.2, -0.15) is 0 Å². The molecule has 3 aromatic rings. The van der Waals surface area contributed by atoms with Gasteiger partial charge < -0.3 is 15.2 Å². The zero-order chi connectivity index (χ0) is 21.1. The lowest BCUT2D eigenvalue weighted by atomic mass is 9.85. The number of fused-ring (bicyclic) bond motifs is 1. The van der Waals surface area contributed by atoms with Crippen LogP contribution in [-0.2, 0) is 4.74 Å². The Morgan fingerprint density at radius 1 is 1.27 bits per heavy atom. The number of aromatic nitrogens is 3. The predicted molar refractivity (Wildman–Crippen MR) is 116 cm³/mol. The van der Waals surface area contributed by atoms with E-state index < -0.39 is 0 Å². The van der Waals surface area contributed by atoms with Crippen molar-refractivity contribution in [1.82, 2.24) is 14.6 Å². The molecule has 1 saturated carbocycles. The van der Waals surface area contributed by atoms with Crippen LogP contribution in [0.2, 0.25) is 0 Å². The van der Waals surface area contributed by atoms with Crippen LogP contribution in [0.15, 0.2) is 36.5 Å². The molecule has 1 aliphatic rings. The molecule has 7 heteroatoms. The molecule has 0 spiro atoms. The summed E-state index contributed by atoms with van der Waals surface area (Å²) in [6.45, 7) is 2.57. The average Bonchev–Trinajstić information content (AvgIpc) is 3.13. The number of aliphatic hydroxyl groups excluding tert-OH is 1. The summed E-state index contributed by atoms with van der Waals surface area (Å²) in [5, 5.41) is 18.0. The molecule has 7 nitrogen and oxygen atoms in total. The zero-order valence-corrected chi connectivity index (χ0v) is 17.4. The smallest absolute Gasteiger partial charge is 0.241 e. The zero-order valence-electron chi connectivity index (χ0n) is 17.4. The molecule has 2 aromatic heterocycles. The molecule has 0 amide bonds. The maximum absolute atomic E-state index is 11.6. The molecule has 4 rings (SSSR count). The monoisotopic (exact) mass is 408 g/mol. The Morgan fingerprint density at radius 3 is 2.77 bits per heavy atom. The van der Waals surface area contributed by atoms with Crippen LogP contribution in [0.1, 0.15) is 54.6 Å². The van der Waals surface area contributed by atoms with Gasteiger partial charge in [-0.25, -0.2) is 9.50 Å². The number of aldehydes is 1. The second-order valence-corrected chi connectivity index (χ2v) is 8.07. The summed E-state index contributed by atoms with van der Waals surface area (Å²) < 4.78 is 7.15. The van der Waals surface area contributed by atoms with E-state index in [2.05, 4.69) is 16.4 Å². The first kappa shape index (κ1) is 20.5. The van der Waals surface area contributed by atoms with Crippen LogP contribution >= 0.6 is 0 Å². The SMILES string of the molecule is COCC(C)Nc1ncc2c(-c3ccccc3C=O)cc(C3CCC(O)CC3)n2n1. The van der Waals surface area contributed by atoms with Crippen molar-refractivity contribution in [3.63, 3.8) is 0 Å². The number of methoxy groups -OCH3 is 1. The van der Waals surface area contributed by atoms with Crippen LogP contribution in [0.25, 0.3) is 16.6 Å². The molecular formula is C23H28N4O3. The van der Waals surface area contributed by atoms with Crippen LogP contribution < -0.4 is 5.32 Å². The van der Waals surface area contributed by atoms with Crippen molar-refractivity contribution in [2.45, 2.75) is 50.7 Å². The molecule has 0 radical (unpaired) electrons. The number of nitrogens with one attached hydrogen (secondary N) is 1. The predicted octanol–water partition coefficient (Wildman–Crippen LogP) is 3.67. The Labute approximate surface area is 176 Å². The molecule has 1 unspecified atom stereocenters. The van der Waals surface area contributed by atoms with E-state index in [1.54, 1.807) is 7.11 Å². The van der Waals surface area contributed by atoms with Gasteiger partial charge in [0.25, 0.3) is 0 Å². The van der Waals surface area contributed by atoms with E-state index in [1.807, 2.05) is 41.9 Å². The normalized spacial score (nSPS) is 20.2. The minimum Gasteiger partial charge on any atom is -0.393 e. The van der Waals surface area contributed by atoms with Gasteiger partial charge in [0.05, 0.1) is 24.4 Å². The molecule has 158 valence electrons. The first-order valence-electron chi connectivity index (χ1n) is 10.5. The molecule has 2 N–H and O–H groups in total. The maximum atomic E-state index is 11.6. The highest BCUT2D eigenvalue weighted by molar-refractivity contribution is 5.93. The van der Waals surface area contributed by atoms with Crippen molar-refractivity contribution in [3.05, 3.63) is 47.8 Å². The molecule has 0 bridgehead atoms. The van der Waals surface area contributed by atoms with Gasteiger partial charge >= 0.3 is 0 Å². The van der Waals surface area contributed by atoms with E-state index in [0.717, 1.165) is 54.3 Å². The first-order valence-corrected chi connectivity index (χ1v) is 10.5. The van der Waals surface area contributed by atoms with E-state index in [9.17, 15) is 9.90 Å². The van der Waals surface area contributed by atoms with Crippen LogP contribution in [0.3, 0.4) is 0 Å². The topological polar surface area (TPSA) is 88.8 Å². The summed E-state index contributed by atoms with van der Waals surface area (Å²) >= 11 is 0. The van der Waals surface area contributed by atoms with Crippen LogP contribution in [0.4, 0.5) is 5.95 Å². The molecular weight excluding hydrogens is 380 g/mol. The van der Waals surface area contributed by atoms with E-state index >= 15 is 0 Å². The quantitative estimate of drug-likeness (QED) is 0.580. The first-order chi connectivity index (χ1) is 14.6.